The van der Waals surface area contributed by atoms with Crippen LogP contribution in [0, 0.1) is 13.8 Å². The summed E-state index contributed by atoms with van der Waals surface area (Å²) in [6, 6.07) is 13.4. The van der Waals surface area contributed by atoms with Crippen molar-refractivity contribution in [3.8, 4) is 0 Å². The number of hydrogen-bond donors (Lipinski definition) is 4. The molecule has 0 aromatic heterocycles. The molecule has 1 atom stereocenters. The van der Waals surface area contributed by atoms with Crippen molar-refractivity contribution in [2.24, 2.45) is 0 Å². The molecule has 0 fully saturated rings. The molecule has 126 valence electrons. The lowest BCUT2D eigenvalue weighted by molar-refractivity contribution is -0.139. The molecule has 0 saturated carbocycles. The summed E-state index contributed by atoms with van der Waals surface area (Å²) in [4.78, 5) is 23.3. The third kappa shape index (κ3) is 5.01. The van der Waals surface area contributed by atoms with E-state index in [2.05, 4.69) is 16.2 Å². The van der Waals surface area contributed by atoms with Crippen molar-refractivity contribution in [1.82, 2.24) is 10.7 Å². The molecular weight excluding hydrogens is 306 g/mol. The average molecular weight is 327 g/mol. The SMILES string of the molecule is Cc1ccc(C)c(NNC(=O)NC(Cc2ccccc2)C(=O)O)c1. The van der Waals surface area contributed by atoms with Crippen LogP contribution in [-0.2, 0) is 11.2 Å². The predicted octanol–water partition coefficient (Wildman–Crippen LogP) is 2.63. The maximum absolute atomic E-state index is 12.0. The Hall–Kier alpha value is -3.02. The van der Waals surface area contributed by atoms with Crippen molar-refractivity contribution in [2.75, 3.05) is 5.43 Å². The summed E-state index contributed by atoms with van der Waals surface area (Å²) in [6.07, 6.45) is 0.215. The topological polar surface area (TPSA) is 90.5 Å². The van der Waals surface area contributed by atoms with E-state index < -0.39 is 18.0 Å². The minimum atomic E-state index is -1.08. The van der Waals surface area contributed by atoms with Gasteiger partial charge in [-0.1, -0.05) is 42.5 Å². The Morgan fingerprint density at radius 3 is 2.46 bits per heavy atom. The van der Waals surface area contributed by atoms with Gasteiger partial charge < -0.3 is 10.4 Å². The number of rotatable bonds is 6. The molecule has 24 heavy (non-hydrogen) atoms. The fourth-order valence-electron chi connectivity index (χ4n) is 2.24. The van der Waals surface area contributed by atoms with Crippen molar-refractivity contribution in [2.45, 2.75) is 26.3 Å². The van der Waals surface area contributed by atoms with Crippen LogP contribution in [0.2, 0.25) is 0 Å². The molecule has 2 aromatic rings. The van der Waals surface area contributed by atoms with Crippen molar-refractivity contribution in [3.63, 3.8) is 0 Å². The Bertz CT molecular complexity index is 717. The van der Waals surface area contributed by atoms with Crippen molar-refractivity contribution >= 4 is 17.7 Å². The normalized spacial score (nSPS) is 11.4. The summed E-state index contributed by atoms with van der Waals surface area (Å²) in [5.74, 6) is -1.08. The van der Waals surface area contributed by atoms with Crippen LogP contribution < -0.4 is 16.2 Å². The first-order chi connectivity index (χ1) is 11.5. The zero-order valence-corrected chi connectivity index (χ0v) is 13.7. The van der Waals surface area contributed by atoms with Crippen LogP contribution in [0.4, 0.5) is 10.5 Å². The van der Waals surface area contributed by atoms with Gasteiger partial charge in [-0.2, -0.15) is 0 Å². The lowest BCUT2D eigenvalue weighted by Crippen LogP contribution is -2.48. The van der Waals surface area contributed by atoms with E-state index in [4.69, 9.17) is 0 Å². The van der Waals surface area contributed by atoms with Gasteiger partial charge in [0.05, 0.1) is 5.69 Å². The lowest BCUT2D eigenvalue weighted by Gasteiger charge is -2.17. The van der Waals surface area contributed by atoms with Crippen LogP contribution in [0.15, 0.2) is 48.5 Å². The second kappa shape index (κ2) is 8.01. The second-order valence-corrected chi connectivity index (χ2v) is 5.62. The molecule has 2 rings (SSSR count). The number of anilines is 1. The average Bonchev–Trinajstić information content (AvgIpc) is 2.56. The number of carbonyl (C=O) groups is 2. The highest BCUT2D eigenvalue weighted by Crippen LogP contribution is 2.15. The number of hydrazine groups is 1. The Kier molecular flexibility index (Phi) is 5.78. The van der Waals surface area contributed by atoms with E-state index in [1.807, 2.05) is 62.4 Å². The zero-order valence-electron chi connectivity index (χ0n) is 13.7. The van der Waals surface area contributed by atoms with Crippen molar-refractivity contribution < 1.29 is 14.7 Å². The Morgan fingerprint density at radius 1 is 1.08 bits per heavy atom. The molecule has 2 amide bonds. The number of aliphatic carboxylic acids is 1. The first-order valence-electron chi connectivity index (χ1n) is 7.62. The number of amides is 2. The van der Waals surface area contributed by atoms with Crippen LogP contribution in [0.3, 0.4) is 0 Å². The van der Waals surface area contributed by atoms with E-state index in [1.54, 1.807) is 0 Å². The van der Waals surface area contributed by atoms with Crippen LogP contribution in [0.1, 0.15) is 16.7 Å². The fraction of sp³-hybridized carbons (Fsp3) is 0.222. The van der Waals surface area contributed by atoms with Gasteiger partial charge in [0, 0.05) is 6.42 Å². The van der Waals surface area contributed by atoms with E-state index in [-0.39, 0.29) is 6.42 Å². The van der Waals surface area contributed by atoms with Gasteiger partial charge in [-0.25, -0.2) is 9.59 Å². The summed E-state index contributed by atoms with van der Waals surface area (Å²) in [6.45, 7) is 3.86. The van der Waals surface area contributed by atoms with Gasteiger partial charge >= 0.3 is 12.0 Å². The molecule has 0 heterocycles. The third-order valence-electron chi connectivity index (χ3n) is 3.59. The standard InChI is InChI=1S/C18H21N3O3/c1-12-8-9-13(2)15(10-12)20-21-18(24)19-16(17(22)23)11-14-6-4-3-5-7-14/h3-10,16,20H,11H2,1-2H3,(H,22,23)(H2,19,21,24). The van der Waals surface area contributed by atoms with Gasteiger partial charge in [-0.15, -0.1) is 0 Å². The van der Waals surface area contributed by atoms with Gasteiger partial charge in [-0.05, 0) is 36.6 Å². The number of carboxylic acid groups (broad SMARTS) is 1. The molecule has 0 saturated heterocycles. The number of carbonyl (C=O) groups excluding carboxylic acids is 1. The summed E-state index contributed by atoms with van der Waals surface area (Å²) >= 11 is 0. The minimum Gasteiger partial charge on any atom is -0.480 e. The maximum atomic E-state index is 12.0. The summed E-state index contributed by atoms with van der Waals surface area (Å²) in [5.41, 5.74) is 8.91. The first kappa shape index (κ1) is 17.3. The van der Waals surface area contributed by atoms with Gasteiger partial charge in [0.25, 0.3) is 0 Å². The third-order valence-corrected chi connectivity index (χ3v) is 3.59. The van der Waals surface area contributed by atoms with E-state index in [9.17, 15) is 14.7 Å². The Labute approximate surface area is 140 Å². The molecule has 2 aromatic carbocycles. The highest BCUT2D eigenvalue weighted by molar-refractivity contribution is 5.83. The van der Waals surface area contributed by atoms with Crippen LogP contribution >= 0.6 is 0 Å². The van der Waals surface area contributed by atoms with Crippen LogP contribution in [0.25, 0.3) is 0 Å². The lowest BCUT2D eigenvalue weighted by atomic mass is 10.1. The van der Waals surface area contributed by atoms with Crippen LogP contribution in [0.5, 0.6) is 0 Å². The quantitative estimate of drug-likeness (QED) is 0.614. The Balaban J connectivity index is 1.93. The molecular formula is C18H21N3O3. The highest BCUT2D eigenvalue weighted by Gasteiger charge is 2.20. The van der Waals surface area contributed by atoms with E-state index in [0.717, 1.165) is 22.4 Å². The monoisotopic (exact) mass is 327 g/mol. The van der Waals surface area contributed by atoms with Crippen molar-refractivity contribution in [3.05, 3.63) is 65.2 Å². The molecule has 4 N–H and O–H groups in total. The second-order valence-electron chi connectivity index (χ2n) is 5.62. The number of nitrogens with one attached hydrogen (secondary N) is 3. The Morgan fingerprint density at radius 2 is 1.79 bits per heavy atom. The zero-order chi connectivity index (χ0) is 17.5. The number of urea groups is 1. The van der Waals surface area contributed by atoms with Gasteiger partial charge in [-0.3, -0.25) is 10.9 Å². The predicted molar refractivity (Wildman–Crippen MR) is 92.8 cm³/mol. The number of aryl methyl sites for hydroxylation is 2. The smallest absolute Gasteiger partial charge is 0.334 e. The number of benzene rings is 2. The van der Waals surface area contributed by atoms with Gasteiger partial charge in [0.15, 0.2) is 0 Å². The van der Waals surface area contributed by atoms with Gasteiger partial charge in [0.2, 0.25) is 0 Å². The first-order valence-corrected chi connectivity index (χ1v) is 7.62. The summed E-state index contributed by atoms with van der Waals surface area (Å²) in [5, 5.41) is 11.7. The largest absolute Gasteiger partial charge is 0.480 e. The van der Waals surface area contributed by atoms with Crippen molar-refractivity contribution in [1.29, 1.82) is 0 Å². The highest BCUT2D eigenvalue weighted by atomic mass is 16.4. The van der Waals surface area contributed by atoms with E-state index in [0.29, 0.717) is 0 Å². The molecule has 0 bridgehead atoms. The summed E-state index contributed by atoms with van der Waals surface area (Å²) < 4.78 is 0. The molecule has 0 aliphatic carbocycles. The molecule has 6 heteroatoms. The molecule has 0 aliphatic heterocycles. The molecule has 0 spiro atoms. The van der Waals surface area contributed by atoms with Crippen LogP contribution in [-0.4, -0.2) is 23.1 Å². The number of hydrogen-bond acceptors (Lipinski definition) is 3. The number of carboxylic acids is 1. The maximum Gasteiger partial charge on any atom is 0.334 e. The van der Waals surface area contributed by atoms with E-state index in [1.165, 1.54) is 0 Å². The molecule has 0 aliphatic rings. The summed E-state index contributed by atoms with van der Waals surface area (Å²) in [7, 11) is 0. The molecule has 1 unspecified atom stereocenters. The van der Waals surface area contributed by atoms with E-state index >= 15 is 0 Å². The molecule has 0 radical (unpaired) electrons. The molecule has 6 nitrogen and oxygen atoms in total. The minimum absolute atomic E-state index is 0.215. The fourth-order valence-corrected chi connectivity index (χ4v) is 2.24. The van der Waals surface area contributed by atoms with Gasteiger partial charge in [0.1, 0.15) is 6.04 Å².